The van der Waals surface area contributed by atoms with E-state index in [0.717, 1.165) is 11.1 Å². The first-order chi connectivity index (χ1) is 14.6. The van der Waals surface area contributed by atoms with Gasteiger partial charge in [0.1, 0.15) is 0 Å². The molecule has 0 unspecified atom stereocenters. The van der Waals surface area contributed by atoms with Crippen molar-refractivity contribution in [3.8, 4) is 11.3 Å². The van der Waals surface area contributed by atoms with Crippen molar-refractivity contribution in [2.24, 2.45) is 5.41 Å². The average molecular weight is 426 g/mol. The van der Waals surface area contributed by atoms with Gasteiger partial charge in [-0.2, -0.15) is 0 Å². The third-order valence-corrected chi connectivity index (χ3v) is 4.87. The summed E-state index contributed by atoms with van der Waals surface area (Å²) in [7, 11) is 3.74. The number of rotatable bonds is 8. The Morgan fingerprint density at radius 2 is 1.65 bits per heavy atom. The third kappa shape index (κ3) is 6.77. The maximum absolute atomic E-state index is 13.0. The normalized spacial score (nSPS) is 11.2. The molecule has 1 N–H and O–H groups in total. The van der Waals surface area contributed by atoms with Gasteiger partial charge >= 0.3 is 0 Å². The quantitative estimate of drug-likeness (QED) is 0.697. The number of hydrogen-bond acceptors (Lipinski definition) is 5. The van der Waals surface area contributed by atoms with E-state index in [0.29, 0.717) is 43.3 Å². The second kappa shape index (κ2) is 10.4. The Morgan fingerprint density at radius 3 is 2.16 bits per heavy atom. The van der Waals surface area contributed by atoms with Gasteiger partial charge in [-0.25, -0.2) is 9.97 Å². The zero-order valence-corrected chi connectivity index (χ0v) is 19.8. The second-order valence-corrected chi connectivity index (χ2v) is 9.02. The molecule has 2 rings (SSSR count). The topological polar surface area (TPSA) is 78.4 Å². The fraction of sp³-hybridized carbons (Fsp3) is 0.500. The molecule has 0 fully saturated rings. The molecule has 1 heterocycles. The summed E-state index contributed by atoms with van der Waals surface area (Å²) in [5, 5.41) is 2.97. The van der Waals surface area contributed by atoms with Gasteiger partial charge in [0, 0.05) is 51.9 Å². The van der Waals surface area contributed by atoms with Gasteiger partial charge in [-0.1, -0.05) is 45.0 Å². The summed E-state index contributed by atoms with van der Waals surface area (Å²) in [6, 6.07) is 7.78. The van der Waals surface area contributed by atoms with Crippen molar-refractivity contribution < 1.29 is 9.59 Å². The molecule has 0 atom stereocenters. The predicted molar refractivity (Wildman–Crippen MR) is 125 cm³/mol. The first-order valence-electron chi connectivity index (χ1n) is 10.7. The summed E-state index contributed by atoms with van der Waals surface area (Å²) >= 11 is 0. The lowest BCUT2D eigenvalue weighted by Crippen LogP contribution is -2.31. The van der Waals surface area contributed by atoms with E-state index in [9.17, 15) is 9.59 Å². The zero-order valence-electron chi connectivity index (χ0n) is 19.8. The molecule has 2 aromatic rings. The molecule has 0 radical (unpaired) electrons. The highest BCUT2D eigenvalue weighted by Gasteiger charge is 2.21. The number of nitrogens with one attached hydrogen (secondary N) is 1. The molecule has 31 heavy (non-hydrogen) atoms. The number of nitrogens with zero attached hydrogens (tertiary/aromatic N) is 4. The van der Waals surface area contributed by atoms with E-state index in [1.807, 2.05) is 77.9 Å². The van der Waals surface area contributed by atoms with Crippen LogP contribution in [0.5, 0.6) is 0 Å². The van der Waals surface area contributed by atoms with Crippen molar-refractivity contribution in [1.82, 2.24) is 20.2 Å². The third-order valence-electron chi connectivity index (χ3n) is 4.87. The molecule has 7 nitrogen and oxygen atoms in total. The van der Waals surface area contributed by atoms with E-state index >= 15 is 0 Å². The fourth-order valence-electron chi connectivity index (χ4n) is 3.17. The van der Waals surface area contributed by atoms with Gasteiger partial charge in [0.15, 0.2) is 0 Å². The number of amides is 2. The van der Waals surface area contributed by atoms with E-state index in [-0.39, 0.29) is 17.2 Å². The van der Waals surface area contributed by atoms with E-state index in [1.165, 1.54) is 0 Å². The van der Waals surface area contributed by atoms with Gasteiger partial charge in [0.25, 0.3) is 5.91 Å². The minimum absolute atomic E-state index is 0.0371. The van der Waals surface area contributed by atoms with Crippen LogP contribution in [0, 0.1) is 5.41 Å². The van der Waals surface area contributed by atoms with Crippen molar-refractivity contribution in [1.29, 1.82) is 0 Å². The van der Waals surface area contributed by atoms with Gasteiger partial charge in [0.05, 0.1) is 11.3 Å². The van der Waals surface area contributed by atoms with Gasteiger partial charge in [-0.15, -0.1) is 0 Å². The number of hydrogen-bond donors (Lipinski definition) is 1. The highest BCUT2D eigenvalue weighted by atomic mass is 16.2. The molecule has 0 aliphatic heterocycles. The number of benzene rings is 1. The van der Waals surface area contributed by atoms with E-state index in [2.05, 4.69) is 15.3 Å². The lowest BCUT2D eigenvalue weighted by molar-refractivity contribution is -0.122. The Kier molecular flexibility index (Phi) is 8.14. The van der Waals surface area contributed by atoms with Gasteiger partial charge in [-0.05, 0) is 24.8 Å². The highest BCUT2D eigenvalue weighted by molar-refractivity contribution is 5.99. The molecular formula is C24H35N5O2. The van der Waals surface area contributed by atoms with Gasteiger partial charge in [0.2, 0.25) is 11.9 Å². The molecule has 2 amide bonds. The Hall–Kier alpha value is -2.96. The summed E-state index contributed by atoms with van der Waals surface area (Å²) in [4.78, 5) is 37.7. The van der Waals surface area contributed by atoms with E-state index in [1.54, 1.807) is 11.1 Å². The molecule has 0 aliphatic carbocycles. The molecule has 1 aromatic heterocycles. The molecule has 0 saturated carbocycles. The Balaban J connectivity index is 2.29. The Morgan fingerprint density at radius 1 is 1.03 bits per heavy atom. The molecule has 7 heteroatoms. The van der Waals surface area contributed by atoms with Crippen LogP contribution in [0.15, 0.2) is 30.5 Å². The summed E-state index contributed by atoms with van der Waals surface area (Å²) < 4.78 is 0. The van der Waals surface area contributed by atoms with Crippen molar-refractivity contribution in [2.45, 2.75) is 47.6 Å². The molecule has 1 aromatic carbocycles. The number of carbonyl (C=O) groups is 2. The first-order valence-corrected chi connectivity index (χ1v) is 10.7. The lowest BCUT2D eigenvalue weighted by atomic mass is 9.92. The standard InChI is InChI=1S/C24H35N5O2/c1-8-29(9-2)22(31)19-16-26-23(28(6)7)27-21(19)18-12-10-17(11-13-18)15-25-20(30)14-24(3,4)5/h10-13,16H,8-9,14-15H2,1-7H3,(H,25,30). The van der Waals surface area contributed by atoms with Gasteiger partial charge in [-0.3, -0.25) is 9.59 Å². The van der Waals surface area contributed by atoms with Crippen LogP contribution in [0.3, 0.4) is 0 Å². The number of carbonyl (C=O) groups excluding carboxylic acids is 2. The van der Waals surface area contributed by atoms with E-state index in [4.69, 9.17) is 0 Å². The van der Waals surface area contributed by atoms with Gasteiger partial charge < -0.3 is 15.1 Å². The average Bonchev–Trinajstić information content (AvgIpc) is 2.71. The van der Waals surface area contributed by atoms with Crippen LogP contribution < -0.4 is 10.2 Å². The van der Waals surface area contributed by atoms with Crippen LogP contribution in [0.1, 0.15) is 57.0 Å². The van der Waals surface area contributed by atoms with Crippen molar-refractivity contribution in [2.75, 3.05) is 32.1 Å². The molecule has 168 valence electrons. The Bertz CT molecular complexity index is 897. The highest BCUT2D eigenvalue weighted by Crippen LogP contribution is 2.25. The predicted octanol–water partition coefficient (Wildman–Crippen LogP) is 3.74. The smallest absolute Gasteiger partial charge is 0.257 e. The van der Waals surface area contributed by atoms with Crippen LogP contribution in [0.4, 0.5) is 5.95 Å². The number of aromatic nitrogens is 2. The van der Waals surface area contributed by atoms with Crippen LogP contribution in [-0.4, -0.2) is 53.9 Å². The zero-order chi connectivity index (χ0) is 23.2. The maximum Gasteiger partial charge on any atom is 0.257 e. The van der Waals surface area contributed by atoms with E-state index < -0.39 is 0 Å². The van der Waals surface area contributed by atoms with Crippen LogP contribution in [0.25, 0.3) is 11.3 Å². The second-order valence-electron chi connectivity index (χ2n) is 9.02. The minimum atomic E-state index is -0.0798. The van der Waals surface area contributed by atoms with Crippen LogP contribution in [-0.2, 0) is 11.3 Å². The largest absolute Gasteiger partial charge is 0.352 e. The summed E-state index contributed by atoms with van der Waals surface area (Å²) in [6.07, 6.45) is 2.09. The molecule has 0 aliphatic rings. The number of anilines is 1. The van der Waals surface area contributed by atoms with Crippen LogP contribution in [0.2, 0.25) is 0 Å². The fourth-order valence-corrected chi connectivity index (χ4v) is 3.17. The molecular weight excluding hydrogens is 390 g/mol. The minimum Gasteiger partial charge on any atom is -0.352 e. The Labute approximate surface area is 185 Å². The first kappa shape index (κ1) is 24.3. The SMILES string of the molecule is CCN(CC)C(=O)c1cnc(N(C)C)nc1-c1ccc(CNC(=O)CC(C)(C)C)cc1. The summed E-state index contributed by atoms with van der Waals surface area (Å²) in [6.45, 7) is 11.8. The molecule has 0 bridgehead atoms. The maximum atomic E-state index is 13.0. The lowest BCUT2D eigenvalue weighted by Gasteiger charge is -2.21. The monoisotopic (exact) mass is 425 g/mol. The molecule has 0 spiro atoms. The van der Waals surface area contributed by atoms with Crippen molar-refractivity contribution in [3.05, 3.63) is 41.6 Å². The summed E-state index contributed by atoms with van der Waals surface area (Å²) in [5.74, 6) is 0.503. The summed E-state index contributed by atoms with van der Waals surface area (Å²) in [5.41, 5.74) is 2.88. The van der Waals surface area contributed by atoms with Crippen molar-refractivity contribution in [3.63, 3.8) is 0 Å². The van der Waals surface area contributed by atoms with Crippen molar-refractivity contribution >= 4 is 17.8 Å². The molecule has 0 saturated heterocycles. The van der Waals surface area contributed by atoms with Crippen LogP contribution >= 0.6 is 0 Å².